The van der Waals surface area contributed by atoms with Crippen molar-refractivity contribution in [1.82, 2.24) is 4.90 Å². The van der Waals surface area contributed by atoms with E-state index in [2.05, 4.69) is 56.3 Å². The number of hydrogen-bond acceptors (Lipinski definition) is 4. The van der Waals surface area contributed by atoms with Crippen LogP contribution >= 0.6 is 11.8 Å². The minimum absolute atomic E-state index is 0.257. The molecule has 2 aromatic carbocycles. The van der Waals surface area contributed by atoms with E-state index in [0.717, 1.165) is 40.8 Å². The Morgan fingerprint density at radius 1 is 1.19 bits per heavy atom. The molecule has 2 aromatic rings. The van der Waals surface area contributed by atoms with E-state index in [1.165, 1.54) is 12.2 Å². The average molecular weight is 373 g/mol. The second kappa shape index (κ2) is 9.98. The molecule has 0 spiro atoms. The fourth-order valence-corrected chi connectivity index (χ4v) is 3.79. The monoisotopic (exact) mass is 372 g/mol. The van der Waals surface area contributed by atoms with Crippen LogP contribution in [0, 0.1) is 11.3 Å². The van der Waals surface area contributed by atoms with Gasteiger partial charge >= 0.3 is 0 Å². The summed E-state index contributed by atoms with van der Waals surface area (Å²) in [6.07, 6.45) is 4.34. The number of fused-ring (bicyclic) bond motifs is 1. The molecule has 0 heterocycles. The quantitative estimate of drug-likeness (QED) is 0.574. The minimum atomic E-state index is 0.257. The van der Waals surface area contributed by atoms with Gasteiger partial charge in [-0.25, -0.2) is 0 Å². The van der Waals surface area contributed by atoms with Crippen LogP contribution in [-0.4, -0.2) is 49.4 Å². The van der Waals surface area contributed by atoms with Crippen LogP contribution in [0.2, 0.25) is 0 Å². The van der Waals surface area contributed by atoms with Gasteiger partial charge in [-0.15, -0.1) is 0 Å². The van der Waals surface area contributed by atoms with Crippen LogP contribution in [0.4, 0.5) is 0 Å². The third kappa shape index (κ3) is 5.24. The SMILES string of the molecule is CCC(CN(C)C(C)CCSC)C(=N)c1ccc2cc(OC)ccc2c1. The molecule has 0 fully saturated rings. The molecule has 2 rings (SSSR count). The van der Waals surface area contributed by atoms with Crippen LogP contribution in [0.5, 0.6) is 5.75 Å². The molecule has 0 aliphatic rings. The second-order valence-corrected chi connectivity index (χ2v) is 8.00. The Morgan fingerprint density at radius 2 is 1.88 bits per heavy atom. The Hall–Kier alpha value is -1.52. The van der Waals surface area contributed by atoms with Crippen molar-refractivity contribution in [3.63, 3.8) is 0 Å². The van der Waals surface area contributed by atoms with Crippen molar-refractivity contribution >= 4 is 28.2 Å². The Morgan fingerprint density at radius 3 is 2.54 bits per heavy atom. The molecular formula is C22H32N2OS. The van der Waals surface area contributed by atoms with Gasteiger partial charge in [-0.1, -0.05) is 25.1 Å². The molecule has 0 aliphatic carbocycles. The summed E-state index contributed by atoms with van der Waals surface area (Å²) in [4.78, 5) is 2.41. The maximum atomic E-state index is 8.76. The van der Waals surface area contributed by atoms with Crippen molar-refractivity contribution < 1.29 is 4.74 Å². The molecule has 2 unspecified atom stereocenters. The zero-order valence-electron chi connectivity index (χ0n) is 16.7. The molecule has 142 valence electrons. The third-order valence-corrected chi connectivity index (χ3v) is 5.90. The molecule has 1 N–H and O–H groups in total. The minimum Gasteiger partial charge on any atom is -0.497 e. The molecule has 0 bridgehead atoms. The first kappa shape index (κ1) is 20.8. The first-order valence-electron chi connectivity index (χ1n) is 9.35. The summed E-state index contributed by atoms with van der Waals surface area (Å²) in [5, 5.41) is 11.1. The van der Waals surface area contributed by atoms with Gasteiger partial charge in [0.1, 0.15) is 5.75 Å². The number of methoxy groups -OCH3 is 1. The predicted octanol–water partition coefficient (Wildman–Crippen LogP) is 5.32. The number of rotatable bonds is 10. The van der Waals surface area contributed by atoms with E-state index in [-0.39, 0.29) is 5.92 Å². The molecule has 0 saturated heterocycles. The standard InChI is InChI=1S/C22H32N2OS/c1-6-17(15-24(3)16(2)11-12-26-5)22(23)20-8-7-19-14-21(25-4)10-9-18(19)13-20/h7-10,13-14,16-17,23H,6,11-12,15H2,1-5H3. The summed E-state index contributed by atoms with van der Waals surface area (Å²) >= 11 is 1.90. The highest BCUT2D eigenvalue weighted by Crippen LogP contribution is 2.24. The van der Waals surface area contributed by atoms with Crippen molar-refractivity contribution in [3.8, 4) is 5.75 Å². The van der Waals surface area contributed by atoms with E-state index in [4.69, 9.17) is 10.1 Å². The molecule has 0 saturated carbocycles. The summed E-state index contributed by atoms with van der Waals surface area (Å²) in [5.74, 6) is 2.31. The molecule has 0 amide bonds. The first-order chi connectivity index (χ1) is 12.5. The van der Waals surface area contributed by atoms with Crippen LogP contribution in [0.1, 0.15) is 32.3 Å². The fraction of sp³-hybridized carbons (Fsp3) is 0.500. The van der Waals surface area contributed by atoms with Crippen molar-refractivity contribution in [2.24, 2.45) is 5.92 Å². The number of thioether (sulfide) groups is 1. The van der Waals surface area contributed by atoms with Gasteiger partial charge in [0.05, 0.1) is 7.11 Å². The lowest BCUT2D eigenvalue weighted by atomic mass is 9.92. The van der Waals surface area contributed by atoms with Gasteiger partial charge in [-0.3, -0.25) is 0 Å². The topological polar surface area (TPSA) is 36.3 Å². The smallest absolute Gasteiger partial charge is 0.119 e. The first-order valence-corrected chi connectivity index (χ1v) is 10.7. The van der Waals surface area contributed by atoms with Crippen LogP contribution in [-0.2, 0) is 0 Å². The van der Waals surface area contributed by atoms with E-state index in [1.807, 2.05) is 23.9 Å². The molecule has 0 aromatic heterocycles. The number of benzene rings is 2. The molecule has 2 atom stereocenters. The van der Waals surface area contributed by atoms with Crippen LogP contribution in [0.15, 0.2) is 36.4 Å². The van der Waals surface area contributed by atoms with Crippen LogP contribution in [0.3, 0.4) is 0 Å². The van der Waals surface area contributed by atoms with Crippen molar-refractivity contribution in [2.45, 2.75) is 32.7 Å². The van der Waals surface area contributed by atoms with Crippen LogP contribution < -0.4 is 4.74 Å². The molecule has 4 heteroatoms. The molecule has 0 aliphatic heterocycles. The zero-order valence-corrected chi connectivity index (χ0v) is 17.5. The zero-order chi connectivity index (χ0) is 19.1. The number of nitrogens with zero attached hydrogens (tertiary/aromatic N) is 1. The van der Waals surface area contributed by atoms with Gasteiger partial charge in [0.2, 0.25) is 0 Å². The Labute approximate surface area is 162 Å². The van der Waals surface area contributed by atoms with E-state index in [9.17, 15) is 0 Å². The summed E-state index contributed by atoms with van der Waals surface area (Å²) in [6, 6.07) is 13.0. The molecule has 0 radical (unpaired) electrons. The van der Waals surface area contributed by atoms with Gasteiger partial charge in [-0.2, -0.15) is 11.8 Å². The third-order valence-electron chi connectivity index (χ3n) is 5.26. The maximum Gasteiger partial charge on any atom is 0.119 e. The summed E-state index contributed by atoms with van der Waals surface area (Å²) in [5.41, 5.74) is 1.77. The Kier molecular flexibility index (Phi) is 7.98. The number of nitrogens with one attached hydrogen (secondary N) is 1. The lowest BCUT2D eigenvalue weighted by molar-refractivity contribution is 0.233. The lowest BCUT2D eigenvalue weighted by Gasteiger charge is -2.29. The van der Waals surface area contributed by atoms with Crippen molar-refractivity contribution in [3.05, 3.63) is 42.0 Å². The highest BCUT2D eigenvalue weighted by molar-refractivity contribution is 7.98. The number of ether oxygens (including phenoxy) is 1. The van der Waals surface area contributed by atoms with Gasteiger partial charge in [0.25, 0.3) is 0 Å². The average Bonchev–Trinajstić information content (AvgIpc) is 2.68. The maximum absolute atomic E-state index is 8.76. The molecule has 3 nitrogen and oxygen atoms in total. The molecule has 26 heavy (non-hydrogen) atoms. The van der Waals surface area contributed by atoms with Crippen molar-refractivity contribution in [1.29, 1.82) is 5.41 Å². The molecular weight excluding hydrogens is 340 g/mol. The highest BCUT2D eigenvalue weighted by atomic mass is 32.2. The van der Waals surface area contributed by atoms with E-state index in [1.54, 1.807) is 7.11 Å². The Bertz CT molecular complexity index is 731. The number of hydrogen-bond donors (Lipinski definition) is 1. The highest BCUT2D eigenvalue weighted by Gasteiger charge is 2.19. The van der Waals surface area contributed by atoms with Gasteiger partial charge in [0.15, 0.2) is 0 Å². The van der Waals surface area contributed by atoms with Gasteiger partial charge in [0, 0.05) is 24.2 Å². The van der Waals surface area contributed by atoms with Crippen molar-refractivity contribution in [2.75, 3.05) is 32.7 Å². The predicted molar refractivity (Wildman–Crippen MR) is 116 cm³/mol. The fourth-order valence-electron chi connectivity index (χ4n) is 3.21. The lowest BCUT2D eigenvalue weighted by Crippen LogP contribution is -2.36. The second-order valence-electron chi connectivity index (χ2n) is 7.02. The van der Waals surface area contributed by atoms with Gasteiger partial charge < -0.3 is 15.0 Å². The van der Waals surface area contributed by atoms with Crippen LogP contribution in [0.25, 0.3) is 10.8 Å². The van der Waals surface area contributed by atoms with E-state index < -0.39 is 0 Å². The van der Waals surface area contributed by atoms with E-state index in [0.29, 0.717) is 6.04 Å². The summed E-state index contributed by atoms with van der Waals surface area (Å²) in [6.45, 7) is 5.41. The largest absolute Gasteiger partial charge is 0.497 e. The van der Waals surface area contributed by atoms with E-state index >= 15 is 0 Å². The summed E-state index contributed by atoms with van der Waals surface area (Å²) in [7, 11) is 3.88. The normalized spacial score (nSPS) is 13.8. The Balaban J connectivity index is 2.13. The van der Waals surface area contributed by atoms with Gasteiger partial charge in [-0.05, 0) is 73.4 Å². The summed E-state index contributed by atoms with van der Waals surface area (Å²) < 4.78 is 5.30.